The molecule has 0 saturated heterocycles. The molecule has 0 unspecified atom stereocenters. The van der Waals surface area contributed by atoms with Gasteiger partial charge in [0.25, 0.3) is 0 Å². The maximum atomic E-state index is 11.8. The van der Waals surface area contributed by atoms with Crippen LogP contribution in [-0.2, 0) is 4.79 Å². The van der Waals surface area contributed by atoms with E-state index >= 15 is 0 Å². The SMILES string of the molecule is CCCCCCCCCCCCCC(=O)NC(=S)NCCCN(C)C. The molecule has 1 amide bonds. The van der Waals surface area contributed by atoms with Crippen molar-refractivity contribution in [2.75, 3.05) is 27.2 Å². The predicted molar refractivity (Wildman–Crippen MR) is 113 cm³/mol. The fourth-order valence-corrected chi connectivity index (χ4v) is 3.00. The van der Waals surface area contributed by atoms with E-state index in [9.17, 15) is 4.79 Å². The fraction of sp³-hybridized carbons (Fsp3) is 0.900. The topological polar surface area (TPSA) is 44.4 Å². The Bertz CT molecular complexity index is 335. The van der Waals surface area contributed by atoms with Crippen LogP contribution in [0.25, 0.3) is 0 Å². The number of carbonyl (C=O) groups is 1. The van der Waals surface area contributed by atoms with Gasteiger partial charge in [0.1, 0.15) is 0 Å². The number of unbranched alkanes of at least 4 members (excludes halogenated alkanes) is 10. The van der Waals surface area contributed by atoms with Gasteiger partial charge < -0.3 is 15.5 Å². The Balaban J connectivity index is 3.33. The summed E-state index contributed by atoms with van der Waals surface area (Å²) in [6.45, 7) is 4.08. The molecule has 0 spiro atoms. The molecule has 0 aromatic carbocycles. The summed E-state index contributed by atoms with van der Waals surface area (Å²) < 4.78 is 0. The molecule has 0 aliphatic carbocycles. The highest BCUT2D eigenvalue weighted by Crippen LogP contribution is 2.11. The molecule has 0 rings (SSSR count). The first kappa shape index (κ1) is 24.3. The third-order valence-electron chi connectivity index (χ3n) is 4.33. The predicted octanol–water partition coefficient (Wildman–Crippen LogP) is 4.63. The molecule has 0 saturated carbocycles. The average molecular weight is 372 g/mol. The van der Waals surface area contributed by atoms with E-state index < -0.39 is 0 Å². The first-order valence-electron chi connectivity index (χ1n) is 10.3. The first-order valence-corrected chi connectivity index (χ1v) is 10.7. The van der Waals surface area contributed by atoms with Crippen LogP contribution in [-0.4, -0.2) is 43.1 Å². The van der Waals surface area contributed by atoms with Crippen LogP contribution in [0, 0.1) is 0 Å². The molecule has 2 N–H and O–H groups in total. The van der Waals surface area contributed by atoms with Gasteiger partial charge in [-0.05, 0) is 45.7 Å². The molecule has 0 fully saturated rings. The second-order valence-electron chi connectivity index (χ2n) is 7.25. The van der Waals surface area contributed by atoms with Gasteiger partial charge in [0.2, 0.25) is 5.91 Å². The number of thiocarbonyl (C=S) groups is 1. The van der Waals surface area contributed by atoms with E-state index in [1.807, 2.05) is 14.1 Å². The Morgan fingerprint density at radius 1 is 0.840 bits per heavy atom. The molecule has 0 aliphatic heterocycles. The van der Waals surface area contributed by atoms with Gasteiger partial charge in [0.05, 0.1) is 0 Å². The summed E-state index contributed by atoms with van der Waals surface area (Å²) in [6, 6.07) is 0. The van der Waals surface area contributed by atoms with Crippen LogP contribution < -0.4 is 10.6 Å². The van der Waals surface area contributed by atoms with Gasteiger partial charge in [0.15, 0.2) is 5.11 Å². The Kier molecular flexibility index (Phi) is 17.6. The molecule has 25 heavy (non-hydrogen) atoms. The van der Waals surface area contributed by atoms with E-state index in [1.54, 1.807) is 0 Å². The molecular weight excluding hydrogens is 330 g/mol. The molecule has 0 aromatic rings. The molecule has 0 radical (unpaired) electrons. The van der Waals surface area contributed by atoms with Gasteiger partial charge in [-0.2, -0.15) is 0 Å². The van der Waals surface area contributed by atoms with Gasteiger partial charge in [-0.1, -0.05) is 71.1 Å². The minimum Gasteiger partial charge on any atom is -0.362 e. The first-order chi connectivity index (χ1) is 12.1. The lowest BCUT2D eigenvalue weighted by Gasteiger charge is -2.12. The van der Waals surface area contributed by atoms with Crippen LogP contribution in [0.2, 0.25) is 0 Å². The Hall–Kier alpha value is -0.680. The number of amides is 1. The zero-order valence-electron chi connectivity index (χ0n) is 16.9. The van der Waals surface area contributed by atoms with Crippen LogP contribution in [0.15, 0.2) is 0 Å². The van der Waals surface area contributed by atoms with Crippen molar-refractivity contribution in [2.45, 2.75) is 90.4 Å². The number of carbonyl (C=O) groups excluding carboxylic acids is 1. The molecule has 0 atom stereocenters. The zero-order chi connectivity index (χ0) is 18.8. The molecule has 0 bridgehead atoms. The highest BCUT2D eigenvalue weighted by Gasteiger charge is 2.04. The molecule has 0 aliphatic rings. The van der Waals surface area contributed by atoms with Gasteiger partial charge >= 0.3 is 0 Å². The highest BCUT2D eigenvalue weighted by atomic mass is 32.1. The molecule has 0 aromatic heterocycles. The van der Waals surface area contributed by atoms with Crippen molar-refractivity contribution in [3.63, 3.8) is 0 Å². The van der Waals surface area contributed by atoms with Crippen LogP contribution in [0.5, 0.6) is 0 Å². The van der Waals surface area contributed by atoms with Crippen LogP contribution in [0.4, 0.5) is 0 Å². The third kappa shape index (κ3) is 19.5. The van der Waals surface area contributed by atoms with E-state index in [0.29, 0.717) is 11.5 Å². The van der Waals surface area contributed by atoms with Crippen molar-refractivity contribution in [3.05, 3.63) is 0 Å². The lowest BCUT2D eigenvalue weighted by Crippen LogP contribution is -2.40. The summed E-state index contributed by atoms with van der Waals surface area (Å²) in [5.41, 5.74) is 0. The second kappa shape index (κ2) is 18.1. The van der Waals surface area contributed by atoms with Crippen molar-refractivity contribution in [3.8, 4) is 0 Å². The Labute approximate surface area is 161 Å². The minimum atomic E-state index is 0.0426. The normalized spacial score (nSPS) is 10.9. The lowest BCUT2D eigenvalue weighted by atomic mass is 10.1. The number of nitrogens with zero attached hydrogens (tertiary/aromatic N) is 1. The van der Waals surface area contributed by atoms with Crippen LogP contribution in [0.3, 0.4) is 0 Å². The molecule has 4 nitrogen and oxygen atoms in total. The summed E-state index contributed by atoms with van der Waals surface area (Å²) >= 11 is 5.14. The van der Waals surface area contributed by atoms with E-state index in [4.69, 9.17) is 12.2 Å². The largest absolute Gasteiger partial charge is 0.362 e. The van der Waals surface area contributed by atoms with Crippen LogP contribution in [0.1, 0.15) is 90.4 Å². The van der Waals surface area contributed by atoms with Crippen molar-refractivity contribution in [1.82, 2.24) is 15.5 Å². The van der Waals surface area contributed by atoms with Gasteiger partial charge in [-0.25, -0.2) is 0 Å². The Morgan fingerprint density at radius 3 is 1.88 bits per heavy atom. The molecule has 0 heterocycles. The number of hydrogen-bond acceptors (Lipinski definition) is 3. The molecule has 5 heteroatoms. The van der Waals surface area contributed by atoms with E-state index in [0.717, 1.165) is 32.4 Å². The summed E-state index contributed by atoms with van der Waals surface area (Å²) in [5, 5.41) is 6.32. The van der Waals surface area contributed by atoms with Crippen molar-refractivity contribution >= 4 is 23.2 Å². The summed E-state index contributed by atoms with van der Waals surface area (Å²) in [4.78, 5) is 13.9. The van der Waals surface area contributed by atoms with Gasteiger partial charge in [0, 0.05) is 13.0 Å². The van der Waals surface area contributed by atoms with E-state index in [-0.39, 0.29) is 5.91 Å². The second-order valence-corrected chi connectivity index (χ2v) is 7.65. The number of nitrogens with one attached hydrogen (secondary N) is 2. The number of hydrogen-bond donors (Lipinski definition) is 2. The third-order valence-corrected chi connectivity index (χ3v) is 4.57. The quantitative estimate of drug-likeness (QED) is 0.307. The molecule has 148 valence electrons. The summed E-state index contributed by atoms with van der Waals surface area (Å²) in [7, 11) is 4.10. The number of rotatable bonds is 16. The maximum Gasteiger partial charge on any atom is 0.226 e. The fourth-order valence-electron chi connectivity index (χ4n) is 2.78. The van der Waals surface area contributed by atoms with Gasteiger partial charge in [-0.15, -0.1) is 0 Å². The van der Waals surface area contributed by atoms with Crippen molar-refractivity contribution < 1.29 is 4.79 Å². The Morgan fingerprint density at radius 2 is 1.36 bits per heavy atom. The van der Waals surface area contributed by atoms with Gasteiger partial charge in [-0.3, -0.25) is 4.79 Å². The highest BCUT2D eigenvalue weighted by molar-refractivity contribution is 7.80. The van der Waals surface area contributed by atoms with E-state index in [1.165, 1.54) is 57.8 Å². The van der Waals surface area contributed by atoms with Crippen molar-refractivity contribution in [1.29, 1.82) is 0 Å². The molecular formula is C20H41N3OS. The van der Waals surface area contributed by atoms with Crippen LogP contribution >= 0.6 is 12.2 Å². The average Bonchev–Trinajstić information content (AvgIpc) is 2.56. The lowest BCUT2D eigenvalue weighted by molar-refractivity contribution is -0.119. The minimum absolute atomic E-state index is 0.0426. The zero-order valence-corrected chi connectivity index (χ0v) is 17.7. The maximum absolute atomic E-state index is 11.8. The standard InChI is InChI=1S/C20H41N3OS/c1-4-5-6-7-8-9-10-11-12-13-14-16-19(24)22-20(25)21-17-15-18-23(2)3/h4-18H2,1-3H3,(H2,21,22,24,25). The summed E-state index contributed by atoms with van der Waals surface area (Å²) in [6.07, 6.45) is 15.9. The van der Waals surface area contributed by atoms with E-state index in [2.05, 4.69) is 22.5 Å². The smallest absolute Gasteiger partial charge is 0.226 e. The monoisotopic (exact) mass is 371 g/mol. The summed E-state index contributed by atoms with van der Waals surface area (Å²) in [5.74, 6) is 0.0426. The van der Waals surface area contributed by atoms with Crippen molar-refractivity contribution in [2.24, 2.45) is 0 Å².